The Bertz CT molecular complexity index is 875. The van der Waals surface area contributed by atoms with Gasteiger partial charge in [0.2, 0.25) is 0 Å². The van der Waals surface area contributed by atoms with Crippen molar-refractivity contribution in [2.24, 2.45) is 0 Å². The first-order valence-corrected chi connectivity index (χ1v) is 8.76. The lowest BCUT2D eigenvalue weighted by atomic mass is 10.1. The Kier molecular flexibility index (Phi) is 5.11. The average Bonchev–Trinajstić information content (AvgIpc) is 2.61. The lowest BCUT2D eigenvalue weighted by molar-refractivity contribution is 0.101. The van der Waals surface area contributed by atoms with E-state index in [9.17, 15) is 4.79 Å². The topological polar surface area (TPSA) is 52.1 Å². The number of hydrogen-bond donors (Lipinski definition) is 0. The Labute approximate surface area is 145 Å². The van der Waals surface area contributed by atoms with Crippen molar-refractivity contribution < 1.29 is 9.53 Å². The second kappa shape index (κ2) is 7.45. The Hall–Kier alpha value is -2.40. The van der Waals surface area contributed by atoms with Crippen LogP contribution in [0.2, 0.25) is 0 Å². The van der Waals surface area contributed by atoms with Gasteiger partial charge in [0.25, 0.3) is 0 Å². The van der Waals surface area contributed by atoms with Crippen LogP contribution in [0.5, 0.6) is 5.75 Å². The summed E-state index contributed by atoms with van der Waals surface area (Å²) in [7, 11) is 0. The summed E-state index contributed by atoms with van der Waals surface area (Å²) in [4.78, 5) is 20.3. The molecule has 0 aliphatic heterocycles. The zero-order chi connectivity index (χ0) is 16.9. The minimum Gasteiger partial charge on any atom is -0.494 e. The second-order valence-corrected chi connectivity index (χ2v) is 6.26. The van der Waals surface area contributed by atoms with E-state index in [-0.39, 0.29) is 5.78 Å². The Morgan fingerprint density at radius 3 is 2.79 bits per heavy atom. The molecule has 3 rings (SSSR count). The molecule has 0 saturated heterocycles. The van der Waals surface area contributed by atoms with Gasteiger partial charge >= 0.3 is 0 Å². The Morgan fingerprint density at radius 2 is 2.00 bits per heavy atom. The first-order chi connectivity index (χ1) is 11.7. The van der Waals surface area contributed by atoms with E-state index in [1.54, 1.807) is 25.0 Å². The number of Topliss-reactive ketones (excluding diaryl/α,β-unsaturated/α-hetero) is 1. The summed E-state index contributed by atoms with van der Waals surface area (Å²) in [5.41, 5.74) is 2.62. The number of hydrogen-bond acceptors (Lipinski definition) is 5. The van der Waals surface area contributed by atoms with Gasteiger partial charge in [-0.2, -0.15) is 0 Å². The fraction of sp³-hybridized carbons (Fsp3) is 0.211. The van der Waals surface area contributed by atoms with E-state index in [1.165, 1.54) is 0 Å². The summed E-state index contributed by atoms with van der Waals surface area (Å²) < 4.78 is 5.69. The number of rotatable bonds is 6. The fourth-order valence-electron chi connectivity index (χ4n) is 2.45. The van der Waals surface area contributed by atoms with Gasteiger partial charge in [0.15, 0.2) is 5.78 Å². The van der Waals surface area contributed by atoms with Crippen LogP contribution in [-0.2, 0) is 5.75 Å². The van der Waals surface area contributed by atoms with Crippen LogP contribution in [0.1, 0.15) is 29.8 Å². The fourth-order valence-corrected chi connectivity index (χ4v) is 3.42. The Morgan fingerprint density at radius 1 is 1.17 bits per heavy atom. The molecule has 0 atom stereocenters. The largest absolute Gasteiger partial charge is 0.494 e. The molecule has 1 heterocycles. The number of thioether (sulfide) groups is 1. The van der Waals surface area contributed by atoms with Crippen LogP contribution < -0.4 is 4.74 Å². The van der Waals surface area contributed by atoms with E-state index in [0.717, 1.165) is 27.2 Å². The standard InChI is InChI=1S/C19H18N2O2S/c1-3-23-18-9-8-14(13(2)22)10-15(18)11-24-19-16-6-4-5-7-17(16)20-12-21-19/h4-10,12H,3,11H2,1-2H3. The summed E-state index contributed by atoms with van der Waals surface area (Å²) in [6.07, 6.45) is 1.58. The van der Waals surface area contributed by atoms with Crippen LogP contribution in [0.3, 0.4) is 0 Å². The normalized spacial score (nSPS) is 10.8. The van der Waals surface area contributed by atoms with E-state index in [0.29, 0.717) is 17.9 Å². The highest BCUT2D eigenvalue weighted by atomic mass is 32.2. The molecule has 3 aromatic rings. The maximum Gasteiger partial charge on any atom is 0.159 e. The molecule has 0 radical (unpaired) electrons. The molecular formula is C19H18N2O2S. The van der Waals surface area contributed by atoms with Gasteiger partial charge in [0.05, 0.1) is 12.1 Å². The number of nitrogens with zero attached hydrogens (tertiary/aromatic N) is 2. The maximum absolute atomic E-state index is 11.6. The highest BCUT2D eigenvalue weighted by Gasteiger charge is 2.10. The van der Waals surface area contributed by atoms with Crippen molar-refractivity contribution in [2.45, 2.75) is 24.6 Å². The monoisotopic (exact) mass is 338 g/mol. The number of benzene rings is 2. The van der Waals surface area contributed by atoms with Gasteiger partial charge in [-0.1, -0.05) is 18.2 Å². The number of ketones is 1. The zero-order valence-electron chi connectivity index (χ0n) is 13.7. The summed E-state index contributed by atoms with van der Waals surface area (Å²) in [6.45, 7) is 4.12. The predicted molar refractivity (Wildman–Crippen MR) is 96.7 cm³/mol. The van der Waals surface area contributed by atoms with Crippen molar-refractivity contribution in [2.75, 3.05) is 6.61 Å². The summed E-state index contributed by atoms with van der Waals surface area (Å²) in [5.74, 6) is 1.54. The zero-order valence-corrected chi connectivity index (χ0v) is 14.5. The molecule has 4 nitrogen and oxygen atoms in total. The molecule has 0 N–H and O–H groups in total. The van der Waals surface area contributed by atoms with E-state index < -0.39 is 0 Å². The number of para-hydroxylation sites is 1. The molecule has 0 saturated carbocycles. The first kappa shape index (κ1) is 16.5. The number of carbonyl (C=O) groups is 1. The summed E-state index contributed by atoms with van der Waals surface area (Å²) >= 11 is 1.62. The molecule has 122 valence electrons. The number of fused-ring (bicyclic) bond motifs is 1. The smallest absolute Gasteiger partial charge is 0.159 e. The van der Waals surface area contributed by atoms with Crippen molar-refractivity contribution >= 4 is 28.4 Å². The van der Waals surface area contributed by atoms with E-state index >= 15 is 0 Å². The molecule has 0 aliphatic rings. The van der Waals surface area contributed by atoms with E-state index in [1.807, 2.05) is 49.4 Å². The molecule has 0 spiro atoms. The number of ether oxygens (including phenoxy) is 1. The van der Waals surface area contributed by atoms with Crippen LogP contribution in [0.25, 0.3) is 10.9 Å². The van der Waals surface area contributed by atoms with Crippen molar-refractivity contribution in [3.05, 3.63) is 59.9 Å². The van der Waals surface area contributed by atoms with Crippen molar-refractivity contribution in [3.8, 4) is 5.75 Å². The summed E-state index contributed by atoms with van der Waals surface area (Å²) in [6, 6.07) is 13.5. The molecule has 0 aliphatic carbocycles. The van der Waals surface area contributed by atoms with Gasteiger partial charge in [-0.25, -0.2) is 9.97 Å². The lowest BCUT2D eigenvalue weighted by Gasteiger charge is -2.11. The Balaban J connectivity index is 1.89. The van der Waals surface area contributed by atoms with Gasteiger partial charge in [0, 0.05) is 22.3 Å². The van der Waals surface area contributed by atoms with Crippen molar-refractivity contribution in [1.82, 2.24) is 9.97 Å². The minimum absolute atomic E-state index is 0.0526. The molecule has 1 aromatic heterocycles. The third-order valence-electron chi connectivity index (χ3n) is 3.64. The molecule has 0 fully saturated rings. The van der Waals surface area contributed by atoms with Crippen LogP contribution in [0.4, 0.5) is 0 Å². The van der Waals surface area contributed by atoms with Gasteiger partial charge in [-0.05, 0) is 38.1 Å². The third kappa shape index (κ3) is 3.57. The maximum atomic E-state index is 11.6. The van der Waals surface area contributed by atoms with Crippen molar-refractivity contribution in [1.29, 1.82) is 0 Å². The van der Waals surface area contributed by atoms with Crippen LogP contribution in [-0.4, -0.2) is 22.4 Å². The molecule has 0 amide bonds. The highest BCUT2D eigenvalue weighted by molar-refractivity contribution is 7.98. The first-order valence-electron chi connectivity index (χ1n) is 7.78. The van der Waals surface area contributed by atoms with Crippen molar-refractivity contribution in [3.63, 3.8) is 0 Å². The molecule has 24 heavy (non-hydrogen) atoms. The highest BCUT2D eigenvalue weighted by Crippen LogP contribution is 2.31. The molecular weight excluding hydrogens is 320 g/mol. The van der Waals surface area contributed by atoms with E-state index in [2.05, 4.69) is 9.97 Å². The van der Waals surface area contributed by atoms with E-state index in [4.69, 9.17) is 4.74 Å². The SMILES string of the molecule is CCOc1ccc(C(C)=O)cc1CSc1ncnc2ccccc12. The molecule has 5 heteroatoms. The third-order valence-corrected chi connectivity index (χ3v) is 4.69. The predicted octanol–water partition coefficient (Wildman–Crippen LogP) is 4.52. The van der Waals surface area contributed by atoms with Gasteiger partial charge in [0.1, 0.15) is 17.1 Å². The average molecular weight is 338 g/mol. The lowest BCUT2D eigenvalue weighted by Crippen LogP contribution is -1.99. The van der Waals surface area contributed by atoms with Crippen LogP contribution in [0.15, 0.2) is 53.8 Å². The molecule has 0 unspecified atom stereocenters. The molecule has 0 bridgehead atoms. The van der Waals surface area contributed by atoms with Gasteiger partial charge in [-0.15, -0.1) is 11.8 Å². The quantitative estimate of drug-likeness (QED) is 0.376. The second-order valence-electron chi connectivity index (χ2n) is 5.30. The summed E-state index contributed by atoms with van der Waals surface area (Å²) in [5, 5.41) is 1.96. The van der Waals surface area contributed by atoms with Gasteiger partial charge in [-0.3, -0.25) is 4.79 Å². The number of carbonyl (C=O) groups excluding carboxylic acids is 1. The van der Waals surface area contributed by atoms with Gasteiger partial charge < -0.3 is 4.74 Å². The number of aromatic nitrogens is 2. The van der Waals surface area contributed by atoms with Crippen LogP contribution in [0, 0.1) is 0 Å². The van der Waals surface area contributed by atoms with Crippen LogP contribution >= 0.6 is 11.8 Å². The minimum atomic E-state index is 0.0526. The molecule has 2 aromatic carbocycles.